The minimum absolute atomic E-state index is 0.412. The molecule has 0 aliphatic rings. The van der Waals surface area contributed by atoms with Crippen LogP contribution in [0.15, 0.2) is 42.5 Å². The monoisotopic (exact) mass is 389 g/mol. The lowest BCUT2D eigenvalue weighted by molar-refractivity contribution is -0.142. The van der Waals surface area contributed by atoms with Gasteiger partial charge in [-0.3, -0.25) is 4.79 Å². The summed E-state index contributed by atoms with van der Waals surface area (Å²) in [7, 11) is 3.04. The van der Waals surface area contributed by atoms with Crippen LogP contribution in [-0.2, 0) is 14.3 Å². The van der Waals surface area contributed by atoms with Crippen LogP contribution in [0.4, 0.5) is 5.69 Å². The molecule has 2 aromatic rings. The molecule has 142 valence electrons. The fourth-order valence-corrected chi connectivity index (χ4v) is 2.49. The molecule has 0 saturated heterocycles. The van der Waals surface area contributed by atoms with Crippen LogP contribution < -0.4 is 14.8 Å². The summed E-state index contributed by atoms with van der Waals surface area (Å²) in [6.45, 7) is 1.37. The number of para-hydroxylation sites is 1. The van der Waals surface area contributed by atoms with E-state index in [2.05, 4.69) is 5.32 Å². The molecule has 0 aliphatic heterocycles. The fourth-order valence-electron chi connectivity index (χ4n) is 2.32. The van der Waals surface area contributed by atoms with Gasteiger partial charge in [0.1, 0.15) is 0 Å². The van der Waals surface area contributed by atoms with Gasteiger partial charge in [0.05, 0.1) is 14.2 Å². The van der Waals surface area contributed by atoms with Crippen molar-refractivity contribution < 1.29 is 23.8 Å². The number of esters is 1. The Hall–Kier alpha value is -2.99. The molecular weight excluding hydrogens is 370 g/mol. The third kappa shape index (κ3) is 5.49. The van der Waals surface area contributed by atoms with Gasteiger partial charge < -0.3 is 19.5 Å². The highest BCUT2D eigenvalue weighted by atomic mass is 35.5. The maximum absolute atomic E-state index is 11.9. The number of carbonyl (C=O) groups excluding carboxylic acids is 2. The van der Waals surface area contributed by atoms with Gasteiger partial charge in [-0.1, -0.05) is 29.8 Å². The second-order valence-electron chi connectivity index (χ2n) is 5.48. The van der Waals surface area contributed by atoms with E-state index in [4.69, 9.17) is 25.8 Å². The van der Waals surface area contributed by atoms with Gasteiger partial charge in [-0.25, -0.2) is 4.79 Å². The highest BCUT2D eigenvalue weighted by Crippen LogP contribution is 2.31. The molecule has 0 unspecified atom stereocenters. The molecule has 0 spiro atoms. The van der Waals surface area contributed by atoms with Crippen LogP contribution in [0, 0.1) is 6.92 Å². The summed E-state index contributed by atoms with van der Waals surface area (Å²) in [6.07, 6.45) is 2.75. The number of hydrogen-bond donors (Lipinski definition) is 1. The molecule has 7 heteroatoms. The average Bonchev–Trinajstić information content (AvgIpc) is 2.67. The Kier molecular flexibility index (Phi) is 7.25. The van der Waals surface area contributed by atoms with Gasteiger partial charge in [0.2, 0.25) is 0 Å². The Morgan fingerprint density at radius 1 is 1.11 bits per heavy atom. The maximum atomic E-state index is 11.9. The van der Waals surface area contributed by atoms with E-state index in [1.54, 1.807) is 43.3 Å². The first-order valence-electron chi connectivity index (χ1n) is 8.07. The number of hydrogen-bond acceptors (Lipinski definition) is 5. The third-order valence-electron chi connectivity index (χ3n) is 3.72. The van der Waals surface area contributed by atoms with Gasteiger partial charge in [-0.15, -0.1) is 0 Å². The van der Waals surface area contributed by atoms with Crippen molar-refractivity contribution in [3.63, 3.8) is 0 Å². The van der Waals surface area contributed by atoms with Crippen LogP contribution >= 0.6 is 11.6 Å². The largest absolute Gasteiger partial charge is 0.493 e. The maximum Gasteiger partial charge on any atom is 0.331 e. The summed E-state index contributed by atoms with van der Waals surface area (Å²) in [4.78, 5) is 23.8. The highest BCUT2D eigenvalue weighted by Gasteiger charge is 2.10. The molecule has 0 aromatic heterocycles. The molecule has 0 heterocycles. The number of ether oxygens (including phenoxy) is 3. The van der Waals surface area contributed by atoms with Gasteiger partial charge in [0.25, 0.3) is 5.91 Å². The van der Waals surface area contributed by atoms with Crippen molar-refractivity contribution in [3.05, 3.63) is 58.6 Å². The third-order valence-corrected chi connectivity index (χ3v) is 4.13. The van der Waals surface area contributed by atoms with Crippen molar-refractivity contribution in [2.24, 2.45) is 0 Å². The number of nitrogens with one attached hydrogen (secondary N) is 1. The van der Waals surface area contributed by atoms with Crippen molar-refractivity contribution in [1.82, 2.24) is 0 Å². The van der Waals surface area contributed by atoms with Gasteiger partial charge in [0, 0.05) is 22.3 Å². The molecule has 0 saturated carbocycles. The lowest BCUT2D eigenvalue weighted by atomic mass is 10.1. The first kappa shape index (κ1) is 20.3. The van der Waals surface area contributed by atoms with E-state index in [0.29, 0.717) is 27.8 Å². The molecule has 1 amide bonds. The van der Waals surface area contributed by atoms with Crippen LogP contribution in [0.3, 0.4) is 0 Å². The number of rotatable bonds is 7. The molecule has 2 aromatic carbocycles. The molecule has 0 aliphatic carbocycles. The number of benzene rings is 2. The summed E-state index contributed by atoms with van der Waals surface area (Å²) in [6, 6.07) is 10.4. The molecule has 27 heavy (non-hydrogen) atoms. The van der Waals surface area contributed by atoms with Crippen molar-refractivity contribution >= 4 is 35.2 Å². The summed E-state index contributed by atoms with van der Waals surface area (Å²) in [5, 5.41) is 3.19. The SMILES string of the molecule is COc1cccc(/C=C/C(=O)OCC(=O)Nc2cccc(Cl)c2C)c1OC. The first-order valence-corrected chi connectivity index (χ1v) is 8.45. The van der Waals surface area contributed by atoms with E-state index in [0.717, 1.165) is 5.56 Å². The van der Waals surface area contributed by atoms with Gasteiger partial charge in [-0.05, 0) is 36.8 Å². The van der Waals surface area contributed by atoms with E-state index in [1.807, 2.05) is 0 Å². The standard InChI is InChI=1S/C20H20ClNO5/c1-13-15(21)7-5-8-16(13)22-18(23)12-27-19(24)11-10-14-6-4-9-17(25-2)20(14)26-3/h4-11H,12H2,1-3H3,(H,22,23)/b11-10+. The smallest absolute Gasteiger partial charge is 0.331 e. The highest BCUT2D eigenvalue weighted by molar-refractivity contribution is 6.31. The molecule has 2 rings (SSSR count). The Labute approximate surface area is 162 Å². The first-order chi connectivity index (χ1) is 13.0. The molecule has 1 N–H and O–H groups in total. The van der Waals surface area contributed by atoms with E-state index in [1.165, 1.54) is 26.4 Å². The summed E-state index contributed by atoms with van der Waals surface area (Å²) >= 11 is 6.01. The lowest BCUT2D eigenvalue weighted by Gasteiger charge is -2.10. The van der Waals surface area contributed by atoms with Crippen molar-refractivity contribution in [3.8, 4) is 11.5 Å². The molecule has 0 radical (unpaired) electrons. The number of halogens is 1. The van der Waals surface area contributed by atoms with Gasteiger partial charge in [0.15, 0.2) is 18.1 Å². The van der Waals surface area contributed by atoms with E-state index < -0.39 is 18.5 Å². The van der Waals surface area contributed by atoms with Crippen LogP contribution in [0.5, 0.6) is 11.5 Å². The van der Waals surface area contributed by atoms with E-state index in [-0.39, 0.29) is 0 Å². The molecular formula is C20H20ClNO5. The summed E-state index contributed by atoms with van der Waals surface area (Å²) in [5.74, 6) is -0.0681. The van der Waals surface area contributed by atoms with Crippen LogP contribution in [0.2, 0.25) is 5.02 Å². The Bertz CT molecular complexity index is 863. The van der Waals surface area contributed by atoms with Crippen LogP contribution in [0.1, 0.15) is 11.1 Å². The lowest BCUT2D eigenvalue weighted by Crippen LogP contribution is -2.20. The average molecular weight is 390 g/mol. The normalized spacial score (nSPS) is 10.5. The molecule has 0 atom stereocenters. The van der Waals surface area contributed by atoms with Crippen molar-refractivity contribution in [1.29, 1.82) is 0 Å². The quantitative estimate of drug-likeness (QED) is 0.575. The predicted molar refractivity (Wildman–Crippen MR) is 104 cm³/mol. The minimum atomic E-state index is -0.655. The topological polar surface area (TPSA) is 73.9 Å². The number of anilines is 1. The number of methoxy groups -OCH3 is 2. The zero-order valence-corrected chi connectivity index (χ0v) is 16.0. The van der Waals surface area contributed by atoms with Gasteiger partial charge in [-0.2, -0.15) is 0 Å². The van der Waals surface area contributed by atoms with Crippen molar-refractivity contribution in [2.75, 3.05) is 26.1 Å². The Balaban J connectivity index is 1.93. The fraction of sp³-hybridized carbons (Fsp3) is 0.200. The van der Waals surface area contributed by atoms with E-state index in [9.17, 15) is 9.59 Å². The molecule has 6 nitrogen and oxygen atoms in total. The molecule has 0 bridgehead atoms. The summed E-state index contributed by atoms with van der Waals surface area (Å²) in [5.41, 5.74) is 1.96. The van der Waals surface area contributed by atoms with Crippen LogP contribution in [-0.4, -0.2) is 32.7 Å². The minimum Gasteiger partial charge on any atom is -0.493 e. The molecule has 0 fully saturated rings. The zero-order chi connectivity index (χ0) is 19.8. The zero-order valence-electron chi connectivity index (χ0n) is 15.2. The second kappa shape index (κ2) is 9.64. The summed E-state index contributed by atoms with van der Waals surface area (Å²) < 4.78 is 15.4. The number of carbonyl (C=O) groups is 2. The number of amides is 1. The van der Waals surface area contributed by atoms with E-state index >= 15 is 0 Å². The Morgan fingerprint density at radius 2 is 1.85 bits per heavy atom. The predicted octanol–water partition coefficient (Wildman–Crippen LogP) is 3.86. The Morgan fingerprint density at radius 3 is 2.56 bits per heavy atom. The van der Waals surface area contributed by atoms with Crippen LogP contribution in [0.25, 0.3) is 6.08 Å². The second-order valence-corrected chi connectivity index (χ2v) is 5.89. The van der Waals surface area contributed by atoms with Crippen molar-refractivity contribution in [2.45, 2.75) is 6.92 Å². The van der Waals surface area contributed by atoms with Gasteiger partial charge >= 0.3 is 5.97 Å².